The molecule has 0 amide bonds. The predicted molar refractivity (Wildman–Crippen MR) is 156 cm³/mol. The molecule has 0 spiro atoms. The van der Waals surface area contributed by atoms with Crippen LogP contribution in [0.2, 0.25) is 5.02 Å². The van der Waals surface area contributed by atoms with Crippen LogP contribution >= 0.6 is 22.9 Å². The zero-order valence-electron chi connectivity index (χ0n) is 21.2. The second-order valence-corrected chi connectivity index (χ2v) is 11.6. The van der Waals surface area contributed by atoms with Gasteiger partial charge in [0, 0.05) is 34.5 Å². The summed E-state index contributed by atoms with van der Waals surface area (Å²) in [4.78, 5) is 15.7. The number of rotatable bonds is 6. The highest BCUT2D eigenvalue weighted by molar-refractivity contribution is 7.18. The summed E-state index contributed by atoms with van der Waals surface area (Å²) < 4.78 is 6.15. The van der Waals surface area contributed by atoms with Crippen molar-refractivity contribution in [3.05, 3.63) is 106 Å². The van der Waals surface area contributed by atoms with Crippen molar-refractivity contribution < 1.29 is 14.3 Å². The number of likely N-dealkylation sites (N-methyl/N-ethyl adjacent to an activating group) is 1. The van der Waals surface area contributed by atoms with Gasteiger partial charge in [-0.05, 0) is 65.8 Å². The average Bonchev–Trinajstić information content (AvgIpc) is 3.22. The fourth-order valence-electron chi connectivity index (χ4n) is 5.60. The number of hydrogen-bond donors (Lipinski definition) is 1. The molecule has 38 heavy (non-hydrogen) atoms. The summed E-state index contributed by atoms with van der Waals surface area (Å²) in [5.41, 5.74) is 5.22. The minimum Gasteiger partial charge on any atom is -0.477 e. The Morgan fingerprint density at radius 2 is 1.79 bits per heavy atom. The van der Waals surface area contributed by atoms with Crippen LogP contribution in [0.25, 0.3) is 27.8 Å². The van der Waals surface area contributed by atoms with Crippen molar-refractivity contribution in [2.45, 2.75) is 31.7 Å². The Morgan fingerprint density at radius 1 is 1.05 bits per heavy atom. The summed E-state index contributed by atoms with van der Waals surface area (Å²) >= 11 is 7.40. The maximum atomic E-state index is 12.2. The number of fused-ring (bicyclic) bond motifs is 1. The lowest BCUT2D eigenvalue weighted by Crippen LogP contribution is -2.23. The third-order valence-corrected chi connectivity index (χ3v) is 9.11. The molecule has 2 aliphatic carbocycles. The van der Waals surface area contributed by atoms with Gasteiger partial charge in [0.25, 0.3) is 0 Å². The van der Waals surface area contributed by atoms with Gasteiger partial charge in [0.05, 0.1) is 5.69 Å². The topological polar surface area (TPSA) is 53.7 Å². The zero-order chi connectivity index (χ0) is 26.4. The molecule has 4 aromatic rings. The van der Waals surface area contributed by atoms with Gasteiger partial charge in [0.15, 0.2) is 0 Å². The number of halogens is 1. The van der Waals surface area contributed by atoms with E-state index in [0.717, 1.165) is 51.1 Å². The van der Waals surface area contributed by atoms with Gasteiger partial charge in [-0.15, -0.1) is 11.3 Å². The van der Waals surface area contributed by atoms with Gasteiger partial charge in [-0.25, -0.2) is 4.79 Å². The van der Waals surface area contributed by atoms with Crippen molar-refractivity contribution in [3.63, 3.8) is 0 Å². The van der Waals surface area contributed by atoms with Crippen LogP contribution in [-0.4, -0.2) is 24.2 Å². The summed E-state index contributed by atoms with van der Waals surface area (Å²) in [7, 11) is 2.01. The number of aryl methyl sites for hydroxylation is 1. The summed E-state index contributed by atoms with van der Waals surface area (Å²) in [6, 6.07) is 20.6. The molecule has 192 valence electrons. The molecule has 1 N–H and O–H groups in total. The largest absolute Gasteiger partial charge is 0.477 e. The van der Waals surface area contributed by atoms with Crippen molar-refractivity contribution in [1.82, 2.24) is 0 Å². The number of hydrogen-bond acceptors (Lipinski definition) is 4. The van der Waals surface area contributed by atoms with Crippen molar-refractivity contribution in [2.24, 2.45) is 5.92 Å². The smallest absolute Gasteiger partial charge is 0.348 e. The molecule has 0 aliphatic heterocycles. The third-order valence-electron chi connectivity index (χ3n) is 7.69. The third kappa shape index (κ3) is 4.61. The van der Waals surface area contributed by atoms with Gasteiger partial charge in [0.1, 0.15) is 16.4 Å². The average molecular weight is 542 g/mol. The Balaban J connectivity index is 1.26. The van der Waals surface area contributed by atoms with Crippen LogP contribution in [0.5, 0.6) is 0 Å². The molecule has 0 bridgehead atoms. The number of thiophene rings is 1. The number of carboxylic acids is 1. The van der Waals surface area contributed by atoms with E-state index in [-0.39, 0.29) is 6.04 Å². The number of anilines is 1. The van der Waals surface area contributed by atoms with Crippen LogP contribution in [-0.2, 0) is 6.42 Å². The summed E-state index contributed by atoms with van der Waals surface area (Å²) in [5, 5.41) is 10.7. The number of furan rings is 1. The van der Waals surface area contributed by atoms with Crippen molar-refractivity contribution in [3.8, 4) is 21.8 Å². The number of nitrogens with zero attached hydrogens (tertiary/aromatic N) is 1. The van der Waals surface area contributed by atoms with E-state index in [4.69, 9.17) is 16.0 Å². The normalized spacial score (nSPS) is 21.7. The summed E-state index contributed by atoms with van der Waals surface area (Å²) in [5.74, 6) is 1.63. The second kappa shape index (κ2) is 9.97. The number of allylic oxidation sites excluding steroid dienone is 3. The SMILES string of the molecule is CC1C(c2ccc(Cl)cc2)C1N(C)c1cc(-c2ccc(-c3cc4c(o3)/C=C\C=C/CC4)cc2)sc1C(=O)O. The molecule has 2 heterocycles. The van der Waals surface area contributed by atoms with E-state index in [1.54, 1.807) is 0 Å². The van der Waals surface area contributed by atoms with Gasteiger partial charge < -0.3 is 14.4 Å². The molecule has 2 aromatic carbocycles. The molecule has 4 nitrogen and oxygen atoms in total. The van der Waals surface area contributed by atoms with Crippen LogP contribution in [0.4, 0.5) is 5.69 Å². The minimum atomic E-state index is -0.897. The van der Waals surface area contributed by atoms with Gasteiger partial charge in [-0.3, -0.25) is 0 Å². The van der Waals surface area contributed by atoms with Crippen LogP contribution in [0.3, 0.4) is 0 Å². The minimum absolute atomic E-state index is 0.238. The molecule has 3 atom stereocenters. The zero-order valence-corrected chi connectivity index (χ0v) is 22.8. The number of aromatic carboxylic acids is 1. The molecule has 6 rings (SSSR count). The first kappa shape index (κ1) is 24.8. The van der Waals surface area contributed by atoms with E-state index in [1.807, 2.05) is 61.7 Å². The highest BCUT2D eigenvalue weighted by Gasteiger charge is 2.50. The molecule has 1 saturated carbocycles. The number of carbonyl (C=O) groups is 1. The first-order valence-corrected chi connectivity index (χ1v) is 14.0. The van der Waals surface area contributed by atoms with E-state index in [1.165, 1.54) is 22.5 Å². The highest BCUT2D eigenvalue weighted by atomic mass is 35.5. The molecule has 0 saturated heterocycles. The summed E-state index contributed by atoms with van der Waals surface area (Å²) in [6.07, 6.45) is 10.2. The van der Waals surface area contributed by atoms with Crippen LogP contribution < -0.4 is 4.90 Å². The Hall–Kier alpha value is -3.54. The lowest BCUT2D eigenvalue weighted by atomic mass is 10.1. The van der Waals surface area contributed by atoms with E-state index in [9.17, 15) is 9.90 Å². The molecule has 3 unspecified atom stereocenters. The van der Waals surface area contributed by atoms with Crippen LogP contribution in [0.1, 0.15) is 45.8 Å². The van der Waals surface area contributed by atoms with E-state index in [2.05, 4.69) is 42.2 Å². The number of carboxylic acid groups (broad SMARTS) is 1. The highest BCUT2D eigenvalue weighted by Crippen LogP contribution is 2.53. The van der Waals surface area contributed by atoms with Gasteiger partial charge in [0.2, 0.25) is 0 Å². The van der Waals surface area contributed by atoms with Gasteiger partial charge in [-0.2, -0.15) is 0 Å². The number of benzene rings is 2. The van der Waals surface area contributed by atoms with Gasteiger partial charge in [-0.1, -0.05) is 73.2 Å². The van der Waals surface area contributed by atoms with E-state index >= 15 is 0 Å². The first-order chi connectivity index (χ1) is 18.4. The Kier molecular flexibility index (Phi) is 6.50. The fourth-order valence-corrected chi connectivity index (χ4v) is 6.76. The van der Waals surface area contributed by atoms with E-state index in [0.29, 0.717) is 16.7 Å². The summed E-state index contributed by atoms with van der Waals surface area (Å²) in [6.45, 7) is 2.22. The maximum absolute atomic E-state index is 12.2. The molecular formula is C32H28ClNO3S. The van der Waals surface area contributed by atoms with Crippen molar-refractivity contribution in [2.75, 3.05) is 11.9 Å². The molecule has 2 aromatic heterocycles. The second-order valence-electron chi connectivity index (χ2n) is 10.1. The fraction of sp³-hybridized carbons (Fsp3) is 0.219. The molecular weight excluding hydrogens is 514 g/mol. The van der Waals surface area contributed by atoms with Crippen LogP contribution in [0, 0.1) is 5.92 Å². The lowest BCUT2D eigenvalue weighted by Gasteiger charge is -2.19. The Labute approximate surface area is 231 Å². The molecule has 1 fully saturated rings. The monoisotopic (exact) mass is 541 g/mol. The standard InChI is InChI=1S/C32H28ClNO3S/c1-19-29(22-13-15-24(33)16-14-22)30(19)34(2)25-18-28(38-31(25)32(35)36)21-11-9-20(10-12-21)27-17-23-7-5-3-4-6-8-26(23)37-27/h3-4,6,8-19,29-30H,5,7H2,1-2H3,(H,35,36)/b4-3-,8-6-. The Bertz CT molecular complexity index is 1540. The lowest BCUT2D eigenvalue weighted by molar-refractivity contribution is 0.0702. The van der Waals surface area contributed by atoms with Crippen molar-refractivity contribution in [1.29, 1.82) is 0 Å². The first-order valence-electron chi connectivity index (χ1n) is 12.8. The quantitative estimate of drug-likeness (QED) is 0.265. The van der Waals surface area contributed by atoms with Crippen LogP contribution in [0.15, 0.2) is 83.3 Å². The van der Waals surface area contributed by atoms with Gasteiger partial charge >= 0.3 is 5.97 Å². The Morgan fingerprint density at radius 3 is 2.53 bits per heavy atom. The molecule has 0 radical (unpaired) electrons. The predicted octanol–water partition coefficient (Wildman–Crippen LogP) is 8.78. The van der Waals surface area contributed by atoms with Crippen molar-refractivity contribution >= 4 is 40.7 Å². The molecule has 6 heteroatoms. The maximum Gasteiger partial charge on any atom is 0.348 e. The molecule has 2 aliphatic rings. The van der Waals surface area contributed by atoms with E-state index < -0.39 is 5.97 Å².